The summed E-state index contributed by atoms with van der Waals surface area (Å²) in [5.74, 6) is -2.05. The lowest BCUT2D eigenvalue weighted by atomic mass is 9.90. The molecule has 1 aliphatic carbocycles. The molecule has 0 saturated heterocycles. The zero-order valence-corrected chi connectivity index (χ0v) is 16.0. The van der Waals surface area contributed by atoms with Crippen molar-refractivity contribution in [1.29, 1.82) is 0 Å². The molecule has 0 radical (unpaired) electrons. The second kappa shape index (κ2) is 8.19. The molecule has 27 heavy (non-hydrogen) atoms. The van der Waals surface area contributed by atoms with Crippen LogP contribution in [0.4, 0.5) is 14.5 Å². The number of benzene rings is 2. The summed E-state index contributed by atoms with van der Waals surface area (Å²) >= 11 is 5.91. The summed E-state index contributed by atoms with van der Waals surface area (Å²) in [6.45, 7) is 0. The Morgan fingerprint density at radius 1 is 1.19 bits per heavy atom. The lowest BCUT2D eigenvalue weighted by Gasteiger charge is -2.28. The van der Waals surface area contributed by atoms with Crippen molar-refractivity contribution in [3.05, 3.63) is 70.3 Å². The first-order valence-electron chi connectivity index (χ1n) is 8.78. The van der Waals surface area contributed by atoms with Gasteiger partial charge in [-0.1, -0.05) is 35.9 Å². The third-order valence-electron chi connectivity index (χ3n) is 4.90. The average molecular weight is 391 g/mol. The molecule has 142 valence electrons. The zero-order valence-electron chi connectivity index (χ0n) is 15.2. The van der Waals surface area contributed by atoms with E-state index in [9.17, 15) is 13.6 Å². The molecule has 0 fully saturated rings. The predicted molar refractivity (Wildman–Crippen MR) is 105 cm³/mol. The fraction of sp³-hybridized carbons (Fsp3) is 0.286. The second-order valence-electron chi connectivity index (χ2n) is 6.84. The fourth-order valence-electron chi connectivity index (χ4n) is 3.31. The molecule has 1 unspecified atom stereocenters. The highest BCUT2D eigenvalue weighted by Gasteiger charge is 2.21. The van der Waals surface area contributed by atoms with Gasteiger partial charge in [0.25, 0.3) is 5.91 Å². The van der Waals surface area contributed by atoms with Crippen molar-refractivity contribution >= 4 is 28.8 Å². The van der Waals surface area contributed by atoms with E-state index in [1.165, 1.54) is 18.2 Å². The van der Waals surface area contributed by atoms with Crippen molar-refractivity contribution in [3.63, 3.8) is 0 Å². The fourth-order valence-corrected chi connectivity index (χ4v) is 3.56. The molecule has 0 bridgehead atoms. The molecule has 1 atom stereocenters. The molecule has 0 spiro atoms. The minimum absolute atomic E-state index is 0.00690. The molecule has 3 nitrogen and oxygen atoms in total. The van der Waals surface area contributed by atoms with E-state index in [-0.39, 0.29) is 16.3 Å². The summed E-state index contributed by atoms with van der Waals surface area (Å²) in [5, 5.41) is 2.42. The van der Waals surface area contributed by atoms with E-state index in [0.29, 0.717) is 11.6 Å². The highest BCUT2D eigenvalue weighted by atomic mass is 35.5. The van der Waals surface area contributed by atoms with E-state index in [1.807, 2.05) is 20.2 Å². The molecule has 0 aliphatic heterocycles. The molecule has 1 amide bonds. The van der Waals surface area contributed by atoms with Gasteiger partial charge in [0.05, 0.1) is 16.3 Å². The second-order valence-corrected chi connectivity index (χ2v) is 7.25. The van der Waals surface area contributed by atoms with Crippen LogP contribution in [0.25, 0.3) is 5.57 Å². The monoisotopic (exact) mass is 390 g/mol. The molecule has 2 aromatic rings. The third kappa shape index (κ3) is 4.20. The van der Waals surface area contributed by atoms with Crippen molar-refractivity contribution < 1.29 is 13.6 Å². The lowest BCUT2D eigenvalue weighted by Crippen LogP contribution is -2.29. The Kier molecular flexibility index (Phi) is 5.92. The van der Waals surface area contributed by atoms with Gasteiger partial charge in [0.2, 0.25) is 0 Å². The lowest BCUT2D eigenvalue weighted by molar-refractivity contribution is 0.102. The highest BCUT2D eigenvalue weighted by molar-refractivity contribution is 6.34. The van der Waals surface area contributed by atoms with Gasteiger partial charge in [0, 0.05) is 11.6 Å². The predicted octanol–water partition coefficient (Wildman–Crippen LogP) is 5.37. The number of anilines is 1. The van der Waals surface area contributed by atoms with Crippen molar-refractivity contribution in [2.75, 3.05) is 19.4 Å². The maximum atomic E-state index is 15.0. The molecular formula is C21H21ClF2N2O. The number of allylic oxidation sites excluding steroid dienone is 1. The van der Waals surface area contributed by atoms with Crippen LogP contribution in [0.3, 0.4) is 0 Å². The van der Waals surface area contributed by atoms with Crippen LogP contribution in [-0.4, -0.2) is 30.9 Å². The number of hydrogen-bond donors (Lipinski definition) is 1. The maximum Gasteiger partial charge on any atom is 0.260 e. The first-order chi connectivity index (χ1) is 12.9. The van der Waals surface area contributed by atoms with Crippen LogP contribution >= 0.6 is 11.6 Å². The Labute approximate surface area is 162 Å². The zero-order chi connectivity index (χ0) is 19.6. The number of nitrogens with zero attached hydrogens (tertiary/aromatic N) is 1. The van der Waals surface area contributed by atoms with Gasteiger partial charge in [-0.3, -0.25) is 4.79 Å². The summed E-state index contributed by atoms with van der Waals surface area (Å²) < 4.78 is 28.9. The standard InChI is InChI=1S/C21H21ClF2N2O/c1-26(2)14-11-9-13(10-12-14)15-5-3-8-18(20(15)24)25-21(27)19-16(22)6-4-7-17(19)23/h3-9,14H,10-12H2,1-2H3,(H,25,27). The molecule has 3 rings (SSSR count). The Morgan fingerprint density at radius 3 is 2.56 bits per heavy atom. The molecule has 0 aromatic heterocycles. The van der Waals surface area contributed by atoms with Crippen molar-refractivity contribution in [1.82, 2.24) is 4.90 Å². The number of carbonyl (C=O) groups is 1. The van der Waals surface area contributed by atoms with Gasteiger partial charge in [-0.15, -0.1) is 0 Å². The number of halogens is 3. The summed E-state index contributed by atoms with van der Waals surface area (Å²) in [5.41, 5.74) is 1.09. The average Bonchev–Trinajstić information content (AvgIpc) is 2.63. The SMILES string of the molecule is CN(C)C1CC=C(c2cccc(NC(=O)c3c(F)cccc3Cl)c2F)CC1. The quantitative estimate of drug-likeness (QED) is 0.761. The number of carbonyl (C=O) groups excluding carboxylic acids is 1. The largest absolute Gasteiger partial charge is 0.319 e. The molecule has 2 aromatic carbocycles. The molecule has 6 heteroatoms. The summed E-state index contributed by atoms with van der Waals surface area (Å²) in [4.78, 5) is 14.6. The minimum atomic E-state index is -0.778. The van der Waals surface area contributed by atoms with Crippen LogP contribution in [0.15, 0.2) is 42.5 Å². The van der Waals surface area contributed by atoms with Gasteiger partial charge in [0.1, 0.15) is 5.82 Å². The number of nitrogens with one attached hydrogen (secondary N) is 1. The Hall–Kier alpha value is -2.24. The number of hydrogen-bond acceptors (Lipinski definition) is 2. The van der Waals surface area contributed by atoms with Gasteiger partial charge in [0.15, 0.2) is 5.82 Å². The number of amides is 1. The van der Waals surface area contributed by atoms with Crippen LogP contribution in [0.2, 0.25) is 5.02 Å². The Morgan fingerprint density at radius 2 is 1.93 bits per heavy atom. The summed E-state index contributed by atoms with van der Waals surface area (Å²) in [7, 11) is 4.07. The van der Waals surface area contributed by atoms with Gasteiger partial charge < -0.3 is 10.2 Å². The van der Waals surface area contributed by atoms with Gasteiger partial charge in [-0.25, -0.2) is 8.78 Å². The van der Waals surface area contributed by atoms with E-state index in [0.717, 1.165) is 30.9 Å². The molecule has 0 saturated carbocycles. The van der Waals surface area contributed by atoms with Gasteiger partial charge in [-0.05, 0) is 57.1 Å². The van der Waals surface area contributed by atoms with Crippen LogP contribution in [0.1, 0.15) is 35.2 Å². The van der Waals surface area contributed by atoms with Crippen LogP contribution < -0.4 is 5.32 Å². The first-order valence-corrected chi connectivity index (χ1v) is 9.16. The van der Waals surface area contributed by atoms with Crippen LogP contribution in [0, 0.1) is 11.6 Å². The van der Waals surface area contributed by atoms with Gasteiger partial charge in [-0.2, -0.15) is 0 Å². The van der Waals surface area contributed by atoms with E-state index in [1.54, 1.807) is 12.1 Å². The molecule has 0 heterocycles. The summed E-state index contributed by atoms with van der Waals surface area (Å²) in [6, 6.07) is 9.24. The van der Waals surface area contributed by atoms with E-state index < -0.39 is 17.5 Å². The van der Waals surface area contributed by atoms with Crippen LogP contribution in [-0.2, 0) is 0 Å². The van der Waals surface area contributed by atoms with Crippen LogP contribution in [0.5, 0.6) is 0 Å². The normalized spacial score (nSPS) is 17.0. The smallest absolute Gasteiger partial charge is 0.260 e. The Bertz CT molecular complexity index is 875. The van der Waals surface area contributed by atoms with Gasteiger partial charge >= 0.3 is 0 Å². The van der Waals surface area contributed by atoms with E-state index in [2.05, 4.69) is 10.2 Å². The molecule has 1 N–H and O–H groups in total. The molecule has 1 aliphatic rings. The van der Waals surface area contributed by atoms with E-state index in [4.69, 9.17) is 11.6 Å². The Balaban J connectivity index is 1.85. The maximum absolute atomic E-state index is 15.0. The summed E-state index contributed by atoms with van der Waals surface area (Å²) in [6.07, 6.45) is 4.60. The van der Waals surface area contributed by atoms with E-state index >= 15 is 0 Å². The molecular weight excluding hydrogens is 370 g/mol. The third-order valence-corrected chi connectivity index (χ3v) is 5.21. The van der Waals surface area contributed by atoms with Crippen molar-refractivity contribution in [2.24, 2.45) is 0 Å². The first kappa shape index (κ1) is 19.5. The van der Waals surface area contributed by atoms with Crippen molar-refractivity contribution in [2.45, 2.75) is 25.3 Å². The van der Waals surface area contributed by atoms with Crippen molar-refractivity contribution in [3.8, 4) is 0 Å². The number of rotatable bonds is 4. The highest BCUT2D eigenvalue weighted by Crippen LogP contribution is 2.32. The minimum Gasteiger partial charge on any atom is -0.319 e. The topological polar surface area (TPSA) is 32.3 Å².